The van der Waals surface area contributed by atoms with Crippen molar-refractivity contribution >= 4 is 34.2 Å². The van der Waals surface area contributed by atoms with E-state index in [2.05, 4.69) is 22.3 Å². The molecule has 9 nitrogen and oxygen atoms in total. The number of hydrogen-bond donors (Lipinski definition) is 1. The maximum absolute atomic E-state index is 13.5. The molecule has 0 saturated carbocycles. The molecule has 1 aliphatic rings. The first-order chi connectivity index (χ1) is 18.0. The van der Waals surface area contributed by atoms with Gasteiger partial charge in [-0.3, -0.25) is 24.6 Å². The van der Waals surface area contributed by atoms with Crippen LogP contribution in [-0.2, 0) is 17.8 Å². The van der Waals surface area contributed by atoms with Gasteiger partial charge in [-0.25, -0.2) is 0 Å². The van der Waals surface area contributed by atoms with Crippen LogP contribution in [0, 0.1) is 10.1 Å². The van der Waals surface area contributed by atoms with Crippen molar-refractivity contribution in [3.05, 3.63) is 106 Å². The Morgan fingerprint density at radius 3 is 2.35 bits per heavy atom. The minimum atomic E-state index is -0.499. The number of para-hydroxylation sites is 1. The standard InChI is InChI=1S/C28H26N4O5/c33-25(18-21-9-6-10-22(17-21)32(35)36)29-26-23-11-4-5-12-24(23)37-27(26)28(34)31-15-13-30(14-16-31)19-20-7-2-1-3-8-20/h1-12,17H,13-16,18-19H2,(H,29,33). The van der Waals surface area contributed by atoms with E-state index in [1.54, 1.807) is 35.2 Å². The molecule has 2 amide bonds. The fourth-order valence-electron chi connectivity index (χ4n) is 4.56. The molecule has 9 heteroatoms. The Bertz CT molecular complexity index is 1440. The molecule has 1 saturated heterocycles. The van der Waals surface area contributed by atoms with Crippen LogP contribution >= 0.6 is 0 Å². The minimum Gasteiger partial charge on any atom is -0.449 e. The molecule has 1 N–H and O–H groups in total. The van der Waals surface area contributed by atoms with Gasteiger partial charge in [0.1, 0.15) is 11.3 Å². The molecule has 0 spiro atoms. The number of hydrogen-bond acceptors (Lipinski definition) is 6. The summed E-state index contributed by atoms with van der Waals surface area (Å²) in [5.41, 5.74) is 2.47. The molecule has 0 atom stereocenters. The number of carbonyl (C=O) groups excluding carboxylic acids is 2. The summed E-state index contributed by atoms with van der Waals surface area (Å²) < 4.78 is 5.93. The molecule has 1 aliphatic heterocycles. The van der Waals surface area contributed by atoms with Crippen LogP contribution in [0.2, 0.25) is 0 Å². The number of fused-ring (bicyclic) bond motifs is 1. The number of piperazine rings is 1. The van der Waals surface area contributed by atoms with Gasteiger partial charge >= 0.3 is 0 Å². The molecule has 3 aromatic carbocycles. The lowest BCUT2D eigenvalue weighted by Crippen LogP contribution is -2.48. The summed E-state index contributed by atoms with van der Waals surface area (Å²) in [6, 6.07) is 23.3. The topological polar surface area (TPSA) is 109 Å². The third-order valence-electron chi connectivity index (χ3n) is 6.45. The number of rotatable bonds is 7. The summed E-state index contributed by atoms with van der Waals surface area (Å²) in [6.07, 6.45) is -0.0764. The van der Waals surface area contributed by atoms with E-state index in [0.29, 0.717) is 35.3 Å². The van der Waals surface area contributed by atoms with Gasteiger partial charge in [0.05, 0.1) is 11.3 Å². The third kappa shape index (κ3) is 5.52. The largest absolute Gasteiger partial charge is 0.449 e. The van der Waals surface area contributed by atoms with E-state index >= 15 is 0 Å². The first kappa shape index (κ1) is 24.2. The van der Waals surface area contributed by atoms with Crippen molar-refractivity contribution in [1.82, 2.24) is 9.80 Å². The van der Waals surface area contributed by atoms with Gasteiger partial charge in [-0.1, -0.05) is 54.6 Å². The molecule has 0 unspecified atom stereocenters. The summed E-state index contributed by atoms with van der Waals surface area (Å²) in [6.45, 7) is 3.38. The summed E-state index contributed by atoms with van der Waals surface area (Å²) in [5, 5.41) is 14.5. The van der Waals surface area contributed by atoms with E-state index in [1.807, 2.05) is 24.3 Å². The number of carbonyl (C=O) groups is 2. The second-order valence-electron chi connectivity index (χ2n) is 9.01. The predicted octanol–water partition coefficient (Wildman–Crippen LogP) is 4.48. The Hall–Kier alpha value is -4.50. The molecule has 0 aliphatic carbocycles. The van der Waals surface area contributed by atoms with Crippen molar-refractivity contribution in [2.24, 2.45) is 0 Å². The Morgan fingerprint density at radius 1 is 0.892 bits per heavy atom. The number of nitro benzene ring substituents is 1. The fraction of sp³-hybridized carbons (Fsp3) is 0.214. The van der Waals surface area contributed by atoms with E-state index in [1.165, 1.54) is 17.7 Å². The number of furan rings is 1. The number of amides is 2. The molecule has 4 aromatic rings. The highest BCUT2D eigenvalue weighted by Gasteiger charge is 2.29. The Morgan fingerprint density at radius 2 is 1.59 bits per heavy atom. The summed E-state index contributed by atoms with van der Waals surface area (Å²) in [7, 11) is 0. The molecular weight excluding hydrogens is 472 g/mol. The van der Waals surface area contributed by atoms with E-state index < -0.39 is 10.8 Å². The van der Waals surface area contributed by atoms with Crippen molar-refractivity contribution in [1.29, 1.82) is 0 Å². The first-order valence-electron chi connectivity index (χ1n) is 12.1. The van der Waals surface area contributed by atoms with Crippen molar-refractivity contribution < 1.29 is 18.9 Å². The number of benzene rings is 3. The third-order valence-corrected chi connectivity index (χ3v) is 6.45. The van der Waals surface area contributed by atoms with Crippen LogP contribution in [0.15, 0.2) is 83.3 Å². The highest BCUT2D eigenvalue weighted by atomic mass is 16.6. The Kier molecular flexibility index (Phi) is 6.96. The fourth-order valence-corrected chi connectivity index (χ4v) is 4.56. The van der Waals surface area contributed by atoms with Gasteiger partial charge in [0, 0.05) is 50.2 Å². The van der Waals surface area contributed by atoms with Crippen molar-refractivity contribution in [3.8, 4) is 0 Å². The monoisotopic (exact) mass is 498 g/mol. The van der Waals surface area contributed by atoms with Crippen LogP contribution in [0.3, 0.4) is 0 Å². The van der Waals surface area contributed by atoms with Gasteiger partial charge in [0.2, 0.25) is 11.7 Å². The van der Waals surface area contributed by atoms with E-state index in [9.17, 15) is 19.7 Å². The highest BCUT2D eigenvalue weighted by Crippen LogP contribution is 2.32. The maximum Gasteiger partial charge on any atom is 0.291 e. The lowest BCUT2D eigenvalue weighted by molar-refractivity contribution is -0.384. The zero-order valence-corrected chi connectivity index (χ0v) is 20.1. The maximum atomic E-state index is 13.5. The van der Waals surface area contributed by atoms with Crippen LogP contribution in [0.5, 0.6) is 0 Å². The van der Waals surface area contributed by atoms with E-state index in [4.69, 9.17) is 4.42 Å². The number of anilines is 1. The first-order valence-corrected chi connectivity index (χ1v) is 12.1. The van der Waals surface area contributed by atoms with Crippen LogP contribution < -0.4 is 5.32 Å². The smallest absolute Gasteiger partial charge is 0.291 e. The average molecular weight is 499 g/mol. The molecule has 0 radical (unpaired) electrons. The van der Waals surface area contributed by atoms with Crippen molar-refractivity contribution in [2.75, 3.05) is 31.5 Å². The molecule has 1 aromatic heterocycles. The molecule has 1 fully saturated rings. The van der Waals surface area contributed by atoms with Crippen LogP contribution in [0.4, 0.5) is 11.4 Å². The lowest BCUT2D eigenvalue weighted by Gasteiger charge is -2.34. The Labute approximate surface area is 213 Å². The second-order valence-corrected chi connectivity index (χ2v) is 9.01. The zero-order chi connectivity index (χ0) is 25.8. The quantitative estimate of drug-likeness (QED) is 0.297. The van der Waals surface area contributed by atoms with Crippen LogP contribution in [0.25, 0.3) is 11.0 Å². The van der Waals surface area contributed by atoms with E-state index in [-0.39, 0.29) is 23.8 Å². The number of nitrogens with one attached hydrogen (secondary N) is 1. The molecule has 188 valence electrons. The van der Waals surface area contributed by atoms with Gasteiger partial charge < -0.3 is 14.6 Å². The number of non-ortho nitro benzene ring substituents is 1. The van der Waals surface area contributed by atoms with Gasteiger partial charge in [-0.15, -0.1) is 0 Å². The van der Waals surface area contributed by atoms with Crippen molar-refractivity contribution in [3.63, 3.8) is 0 Å². The van der Waals surface area contributed by atoms with Crippen molar-refractivity contribution in [2.45, 2.75) is 13.0 Å². The number of nitro groups is 1. The molecule has 0 bridgehead atoms. The number of nitrogens with zero attached hydrogens (tertiary/aromatic N) is 3. The minimum absolute atomic E-state index is 0.0764. The van der Waals surface area contributed by atoms with Crippen LogP contribution in [0.1, 0.15) is 21.7 Å². The van der Waals surface area contributed by atoms with Gasteiger partial charge in [0.25, 0.3) is 11.6 Å². The second kappa shape index (κ2) is 10.6. The molecule has 37 heavy (non-hydrogen) atoms. The summed E-state index contributed by atoms with van der Waals surface area (Å²) in [5.74, 6) is -0.583. The Balaban J connectivity index is 1.31. The molecule has 2 heterocycles. The molecule has 5 rings (SSSR count). The van der Waals surface area contributed by atoms with Crippen LogP contribution in [-0.4, -0.2) is 52.7 Å². The van der Waals surface area contributed by atoms with Gasteiger partial charge in [-0.2, -0.15) is 0 Å². The summed E-state index contributed by atoms with van der Waals surface area (Å²) in [4.78, 5) is 41.0. The van der Waals surface area contributed by atoms with Gasteiger partial charge in [0.15, 0.2) is 0 Å². The summed E-state index contributed by atoms with van der Waals surface area (Å²) >= 11 is 0. The highest BCUT2D eigenvalue weighted by molar-refractivity contribution is 6.11. The average Bonchev–Trinajstić information content (AvgIpc) is 3.27. The SMILES string of the molecule is O=C(Cc1cccc([N+](=O)[O-])c1)Nc1c(C(=O)N2CCN(Cc3ccccc3)CC2)oc2ccccc12. The normalized spacial score (nSPS) is 14.0. The zero-order valence-electron chi connectivity index (χ0n) is 20.1. The van der Waals surface area contributed by atoms with Gasteiger partial charge in [-0.05, 0) is 23.3 Å². The predicted molar refractivity (Wildman–Crippen MR) is 139 cm³/mol. The lowest BCUT2D eigenvalue weighted by atomic mass is 10.1. The molecular formula is C28H26N4O5. The van der Waals surface area contributed by atoms with E-state index in [0.717, 1.165) is 19.6 Å².